The molecule has 5 nitrogen and oxygen atoms in total. The van der Waals surface area contributed by atoms with E-state index < -0.39 is 0 Å². The summed E-state index contributed by atoms with van der Waals surface area (Å²) in [4.78, 5) is 9.05. The van der Waals surface area contributed by atoms with Gasteiger partial charge < -0.3 is 15.4 Å². The fourth-order valence-electron chi connectivity index (χ4n) is 3.22. The Balaban J connectivity index is 1.79. The molecule has 0 saturated heterocycles. The molecule has 1 saturated carbocycles. The van der Waals surface area contributed by atoms with Gasteiger partial charge in [-0.1, -0.05) is 12.8 Å². The molecule has 5 heteroatoms. The van der Waals surface area contributed by atoms with E-state index in [1.165, 1.54) is 31.2 Å². The minimum Gasteiger partial charge on any atom is -0.467 e. The predicted octanol–water partition coefficient (Wildman–Crippen LogP) is 1.78. The van der Waals surface area contributed by atoms with Crippen LogP contribution in [0.2, 0.25) is 0 Å². The second kappa shape index (κ2) is 6.39. The first-order valence-corrected chi connectivity index (χ1v) is 7.75. The van der Waals surface area contributed by atoms with E-state index in [0.717, 1.165) is 49.9 Å². The molecule has 110 valence electrons. The Morgan fingerprint density at radius 2 is 2.00 bits per heavy atom. The Labute approximate surface area is 120 Å². The quantitative estimate of drug-likeness (QED) is 0.878. The maximum absolute atomic E-state index is 5.25. The van der Waals surface area contributed by atoms with Gasteiger partial charge in [0.15, 0.2) is 0 Å². The summed E-state index contributed by atoms with van der Waals surface area (Å²) < 4.78 is 5.25. The summed E-state index contributed by atoms with van der Waals surface area (Å²) in [5, 5.41) is 6.98. The number of aromatic nitrogens is 2. The van der Waals surface area contributed by atoms with Gasteiger partial charge in [0.1, 0.15) is 5.82 Å². The topological polar surface area (TPSA) is 59.1 Å². The van der Waals surface area contributed by atoms with E-state index in [9.17, 15) is 0 Å². The van der Waals surface area contributed by atoms with Gasteiger partial charge in [0.25, 0.3) is 0 Å². The Morgan fingerprint density at radius 1 is 1.20 bits per heavy atom. The van der Waals surface area contributed by atoms with E-state index in [2.05, 4.69) is 20.6 Å². The predicted molar refractivity (Wildman–Crippen MR) is 79.3 cm³/mol. The van der Waals surface area contributed by atoms with Crippen LogP contribution in [0, 0.1) is 5.92 Å². The van der Waals surface area contributed by atoms with Gasteiger partial charge in [-0.3, -0.25) is 0 Å². The van der Waals surface area contributed by atoms with Crippen LogP contribution in [0.4, 0.5) is 5.82 Å². The van der Waals surface area contributed by atoms with Crippen LogP contribution in [0.15, 0.2) is 0 Å². The molecule has 0 spiro atoms. The van der Waals surface area contributed by atoms with E-state index in [4.69, 9.17) is 4.74 Å². The molecule has 1 fully saturated rings. The number of hydrogen-bond donors (Lipinski definition) is 2. The van der Waals surface area contributed by atoms with Gasteiger partial charge >= 0.3 is 6.01 Å². The van der Waals surface area contributed by atoms with Crippen LogP contribution in [0.5, 0.6) is 6.01 Å². The fourth-order valence-corrected chi connectivity index (χ4v) is 3.22. The Kier molecular flexibility index (Phi) is 4.35. The number of hydrogen-bond acceptors (Lipinski definition) is 5. The SMILES string of the molecule is COc1nc2c(c(NCC3CCCC3)n1)CCNCC2. The molecule has 1 aromatic rings. The van der Waals surface area contributed by atoms with Crippen molar-refractivity contribution in [2.45, 2.75) is 38.5 Å². The third-order valence-electron chi connectivity index (χ3n) is 4.38. The summed E-state index contributed by atoms with van der Waals surface area (Å²) in [6, 6.07) is 0.486. The molecule has 0 aromatic carbocycles. The third-order valence-corrected chi connectivity index (χ3v) is 4.38. The second-order valence-electron chi connectivity index (χ2n) is 5.77. The minimum absolute atomic E-state index is 0.486. The van der Waals surface area contributed by atoms with Crippen molar-refractivity contribution in [2.75, 3.05) is 32.1 Å². The summed E-state index contributed by atoms with van der Waals surface area (Å²) in [6.45, 7) is 3.01. The van der Waals surface area contributed by atoms with Crippen LogP contribution in [0.3, 0.4) is 0 Å². The molecule has 3 rings (SSSR count). The Bertz CT molecular complexity index is 457. The van der Waals surface area contributed by atoms with Crippen LogP contribution in [0.1, 0.15) is 36.9 Å². The van der Waals surface area contributed by atoms with Gasteiger partial charge in [-0.2, -0.15) is 9.97 Å². The highest BCUT2D eigenvalue weighted by Gasteiger charge is 2.19. The fraction of sp³-hybridized carbons (Fsp3) is 0.733. The van der Waals surface area contributed by atoms with Crippen LogP contribution in [-0.4, -0.2) is 36.7 Å². The summed E-state index contributed by atoms with van der Waals surface area (Å²) in [6.07, 6.45) is 7.39. The molecule has 0 unspecified atom stereocenters. The highest BCUT2D eigenvalue weighted by molar-refractivity contribution is 5.48. The average Bonchev–Trinajstić information content (AvgIpc) is 2.88. The lowest BCUT2D eigenvalue weighted by molar-refractivity contribution is 0.378. The molecule has 0 radical (unpaired) electrons. The standard InChI is InChI=1S/C15H24N4O/c1-20-15-18-13-7-9-16-8-6-12(13)14(19-15)17-10-11-4-2-3-5-11/h11,16H,2-10H2,1H3,(H,17,18,19). The highest BCUT2D eigenvalue weighted by atomic mass is 16.5. The molecule has 1 aliphatic heterocycles. The zero-order valence-electron chi connectivity index (χ0n) is 12.2. The number of rotatable bonds is 4. The van der Waals surface area contributed by atoms with E-state index >= 15 is 0 Å². The number of anilines is 1. The lowest BCUT2D eigenvalue weighted by Gasteiger charge is -2.16. The largest absolute Gasteiger partial charge is 0.467 e. The Hall–Kier alpha value is -1.36. The highest BCUT2D eigenvalue weighted by Crippen LogP contribution is 2.27. The normalized spacial score (nSPS) is 19.4. The van der Waals surface area contributed by atoms with Crippen molar-refractivity contribution in [3.63, 3.8) is 0 Å². The first-order chi connectivity index (χ1) is 9.86. The van der Waals surface area contributed by atoms with Gasteiger partial charge in [-0.05, 0) is 31.7 Å². The van der Waals surface area contributed by atoms with E-state index in [0.29, 0.717) is 6.01 Å². The smallest absolute Gasteiger partial charge is 0.318 e. The lowest BCUT2D eigenvalue weighted by Crippen LogP contribution is -2.17. The van der Waals surface area contributed by atoms with Crippen LogP contribution < -0.4 is 15.4 Å². The monoisotopic (exact) mass is 276 g/mol. The van der Waals surface area contributed by atoms with E-state index in [1.807, 2.05) is 0 Å². The van der Waals surface area contributed by atoms with Crippen molar-refractivity contribution in [1.82, 2.24) is 15.3 Å². The number of nitrogens with zero attached hydrogens (tertiary/aromatic N) is 2. The van der Waals surface area contributed by atoms with Crippen molar-refractivity contribution >= 4 is 5.82 Å². The van der Waals surface area contributed by atoms with E-state index in [-0.39, 0.29) is 0 Å². The van der Waals surface area contributed by atoms with Crippen molar-refractivity contribution in [2.24, 2.45) is 5.92 Å². The van der Waals surface area contributed by atoms with Crippen molar-refractivity contribution in [1.29, 1.82) is 0 Å². The molecular weight excluding hydrogens is 252 g/mol. The number of methoxy groups -OCH3 is 1. The summed E-state index contributed by atoms with van der Waals surface area (Å²) >= 11 is 0. The third kappa shape index (κ3) is 3.03. The Morgan fingerprint density at radius 3 is 2.80 bits per heavy atom. The first kappa shape index (κ1) is 13.6. The first-order valence-electron chi connectivity index (χ1n) is 7.75. The lowest BCUT2D eigenvalue weighted by atomic mass is 10.1. The molecule has 20 heavy (non-hydrogen) atoms. The molecular formula is C15H24N4O. The second-order valence-corrected chi connectivity index (χ2v) is 5.77. The average molecular weight is 276 g/mol. The number of fused-ring (bicyclic) bond motifs is 1. The van der Waals surface area contributed by atoms with Crippen molar-refractivity contribution < 1.29 is 4.74 Å². The van der Waals surface area contributed by atoms with Crippen molar-refractivity contribution in [3.8, 4) is 6.01 Å². The van der Waals surface area contributed by atoms with Crippen LogP contribution in [0.25, 0.3) is 0 Å². The maximum Gasteiger partial charge on any atom is 0.318 e. The maximum atomic E-state index is 5.25. The van der Waals surface area contributed by atoms with Crippen LogP contribution >= 0.6 is 0 Å². The minimum atomic E-state index is 0.486. The molecule has 0 amide bonds. The number of nitrogens with one attached hydrogen (secondary N) is 2. The number of ether oxygens (including phenoxy) is 1. The van der Waals surface area contributed by atoms with Gasteiger partial charge in [-0.25, -0.2) is 0 Å². The van der Waals surface area contributed by atoms with Gasteiger partial charge in [-0.15, -0.1) is 0 Å². The molecule has 2 heterocycles. The molecule has 0 atom stereocenters. The molecule has 2 N–H and O–H groups in total. The van der Waals surface area contributed by atoms with Gasteiger partial charge in [0, 0.05) is 25.1 Å². The molecule has 1 aromatic heterocycles. The van der Waals surface area contributed by atoms with Gasteiger partial charge in [0.05, 0.1) is 12.8 Å². The van der Waals surface area contributed by atoms with E-state index in [1.54, 1.807) is 7.11 Å². The summed E-state index contributed by atoms with van der Waals surface area (Å²) in [7, 11) is 1.64. The molecule has 1 aliphatic carbocycles. The summed E-state index contributed by atoms with van der Waals surface area (Å²) in [5.74, 6) is 1.79. The molecule has 0 bridgehead atoms. The van der Waals surface area contributed by atoms with Crippen LogP contribution in [-0.2, 0) is 12.8 Å². The zero-order valence-corrected chi connectivity index (χ0v) is 12.2. The summed E-state index contributed by atoms with van der Waals surface area (Å²) in [5.41, 5.74) is 2.41. The molecule has 2 aliphatic rings. The van der Waals surface area contributed by atoms with Crippen molar-refractivity contribution in [3.05, 3.63) is 11.3 Å². The zero-order chi connectivity index (χ0) is 13.8. The van der Waals surface area contributed by atoms with Gasteiger partial charge in [0.2, 0.25) is 0 Å².